The Bertz CT molecular complexity index is 588. The van der Waals surface area contributed by atoms with E-state index in [0.29, 0.717) is 11.9 Å². The van der Waals surface area contributed by atoms with E-state index in [1.807, 2.05) is 43.1 Å². The van der Waals surface area contributed by atoms with E-state index in [4.69, 9.17) is 11.6 Å². The molecule has 0 amide bonds. The van der Waals surface area contributed by atoms with Crippen molar-refractivity contribution in [2.75, 3.05) is 23.8 Å². The normalized spacial score (nSPS) is 10.4. The minimum absolute atomic E-state index is 0.189. The van der Waals surface area contributed by atoms with Gasteiger partial charge in [-0.15, -0.1) is 0 Å². The number of halogens is 1. The summed E-state index contributed by atoms with van der Waals surface area (Å²) in [6, 6.07) is 8.05. The lowest BCUT2D eigenvalue weighted by Gasteiger charge is -2.19. The van der Waals surface area contributed by atoms with Gasteiger partial charge in [-0.2, -0.15) is 15.0 Å². The van der Waals surface area contributed by atoms with E-state index < -0.39 is 0 Å². The first-order chi connectivity index (χ1) is 9.61. The number of aromatic nitrogens is 3. The van der Waals surface area contributed by atoms with Crippen molar-refractivity contribution in [1.29, 1.82) is 0 Å². The molecule has 0 aliphatic rings. The van der Waals surface area contributed by atoms with Crippen molar-refractivity contribution >= 4 is 29.2 Å². The Kier molecular flexibility index (Phi) is 4.74. The van der Waals surface area contributed by atoms with E-state index in [1.165, 1.54) is 0 Å². The first-order valence-electron chi connectivity index (χ1n) is 6.56. The summed E-state index contributed by atoms with van der Waals surface area (Å²) in [5, 5.41) is 3.31. The van der Waals surface area contributed by atoms with E-state index in [9.17, 15) is 0 Å². The minimum Gasteiger partial charge on any atom is -0.354 e. The van der Waals surface area contributed by atoms with Gasteiger partial charge in [0, 0.05) is 19.3 Å². The highest BCUT2D eigenvalue weighted by Gasteiger charge is 2.12. The monoisotopic (exact) mass is 291 g/mol. The highest BCUT2D eigenvalue weighted by atomic mass is 35.5. The predicted molar refractivity (Wildman–Crippen MR) is 82.9 cm³/mol. The van der Waals surface area contributed by atoms with Crippen LogP contribution in [0.3, 0.4) is 0 Å². The number of rotatable bonds is 5. The maximum absolute atomic E-state index is 5.97. The van der Waals surface area contributed by atoms with Crippen LogP contribution in [0.4, 0.5) is 17.6 Å². The molecule has 0 radical (unpaired) electrons. The van der Waals surface area contributed by atoms with Crippen molar-refractivity contribution in [2.24, 2.45) is 0 Å². The van der Waals surface area contributed by atoms with Gasteiger partial charge in [-0.1, -0.05) is 25.1 Å². The third-order valence-corrected chi connectivity index (χ3v) is 3.08. The molecular weight excluding hydrogens is 274 g/mol. The summed E-state index contributed by atoms with van der Waals surface area (Å²) in [4.78, 5) is 14.6. The van der Waals surface area contributed by atoms with Crippen molar-refractivity contribution in [2.45, 2.75) is 20.3 Å². The van der Waals surface area contributed by atoms with Crippen LogP contribution in [0.5, 0.6) is 0 Å². The van der Waals surface area contributed by atoms with Crippen LogP contribution in [0.1, 0.15) is 18.9 Å². The first-order valence-corrected chi connectivity index (χ1v) is 6.94. The van der Waals surface area contributed by atoms with Crippen LogP contribution < -0.4 is 10.2 Å². The van der Waals surface area contributed by atoms with Crippen LogP contribution in [-0.2, 0) is 0 Å². The number of benzene rings is 1. The number of nitrogens with one attached hydrogen (secondary N) is 1. The molecule has 0 saturated heterocycles. The minimum atomic E-state index is 0.189. The first kappa shape index (κ1) is 14.5. The molecule has 0 aliphatic carbocycles. The summed E-state index contributed by atoms with van der Waals surface area (Å²) < 4.78 is 0. The molecule has 0 aliphatic heterocycles. The topological polar surface area (TPSA) is 53.9 Å². The molecule has 0 atom stereocenters. The standard InChI is InChI=1S/C14H18ClN5/c1-4-9-16-13-17-12(15)18-14(19-13)20(3)11-8-6-5-7-10(11)2/h5-8H,4,9H2,1-3H3,(H,16,17,18,19). The summed E-state index contributed by atoms with van der Waals surface area (Å²) in [5.74, 6) is 1.03. The third kappa shape index (κ3) is 3.36. The molecule has 5 nitrogen and oxygen atoms in total. The van der Waals surface area contributed by atoms with Crippen molar-refractivity contribution < 1.29 is 0 Å². The van der Waals surface area contributed by atoms with Gasteiger partial charge in [-0.3, -0.25) is 0 Å². The number of nitrogens with zero attached hydrogens (tertiary/aromatic N) is 4. The average Bonchev–Trinajstić information content (AvgIpc) is 2.44. The quantitative estimate of drug-likeness (QED) is 0.915. The zero-order valence-corrected chi connectivity index (χ0v) is 12.6. The van der Waals surface area contributed by atoms with Gasteiger partial charge in [0.05, 0.1) is 0 Å². The van der Waals surface area contributed by atoms with Crippen LogP contribution in [-0.4, -0.2) is 28.5 Å². The van der Waals surface area contributed by atoms with Gasteiger partial charge in [-0.25, -0.2) is 0 Å². The van der Waals surface area contributed by atoms with Crippen LogP contribution in [0.25, 0.3) is 0 Å². The highest BCUT2D eigenvalue weighted by Crippen LogP contribution is 2.24. The molecular formula is C14H18ClN5. The maximum Gasteiger partial charge on any atom is 0.235 e. The summed E-state index contributed by atoms with van der Waals surface area (Å²) in [6.07, 6.45) is 0.992. The molecule has 1 aromatic heterocycles. The molecule has 0 saturated carbocycles. The second-order valence-corrected chi connectivity index (χ2v) is 4.84. The number of hydrogen-bond acceptors (Lipinski definition) is 5. The van der Waals surface area contributed by atoms with Gasteiger partial charge >= 0.3 is 0 Å². The largest absolute Gasteiger partial charge is 0.354 e. The lowest BCUT2D eigenvalue weighted by atomic mass is 10.2. The Balaban J connectivity index is 2.32. The van der Waals surface area contributed by atoms with E-state index in [1.54, 1.807) is 0 Å². The Labute approximate surface area is 124 Å². The number of anilines is 3. The van der Waals surface area contributed by atoms with Crippen LogP contribution >= 0.6 is 11.6 Å². The molecule has 1 N–H and O–H groups in total. The Hall–Kier alpha value is -1.88. The maximum atomic E-state index is 5.97. The molecule has 1 aromatic carbocycles. The molecule has 2 aromatic rings. The molecule has 6 heteroatoms. The number of aryl methyl sites for hydroxylation is 1. The number of hydrogen-bond donors (Lipinski definition) is 1. The SMILES string of the molecule is CCCNc1nc(Cl)nc(N(C)c2ccccc2C)n1. The van der Waals surface area contributed by atoms with Gasteiger partial charge in [0.25, 0.3) is 0 Å². The zero-order valence-electron chi connectivity index (χ0n) is 11.9. The lowest BCUT2D eigenvalue weighted by molar-refractivity contribution is 0.925. The molecule has 0 bridgehead atoms. The Morgan fingerprint density at radius 2 is 1.95 bits per heavy atom. The van der Waals surface area contributed by atoms with Gasteiger partial charge in [-0.05, 0) is 36.6 Å². The summed E-state index contributed by atoms with van der Waals surface area (Å²) in [7, 11) is 1.91. The highest BCUT2D eigenvalue weighted by molar-refractivity contribution is 6.28. The predicted octanol–water partition coefficient (Wildman–Crippen LogP) is 3.42. The van der Waals surface area contributed by atoms with Crippen molar-refractivity contribution in [3.05, 3.63) is 35.1 Å². The fourth-order valence-electron chi connectivity index (χ4n) is 1.85. The van der Waals surface area contributed by atoms with E-state index in [0.717, 1.165) is 24.2 Å². The Morgan fingerprint density at radius 3 is 2.65 bits per heavy atom. The second kappa shape index (κ2) is 6.52. The van der Waals surface area contributed by atoms with E-state index in [-0.39, 0.29) is 5.28 Å². The summed E-state index contributed by atoms with van der Waals surface area (Å²) in [6.45, 7) is 4.93. The van der Waals surface area contributed by atoms with Gasteiger partial charge in [0.2, 0.25) is 17.2 Å². The van der Waals surface area contributed by atoms with E-state index in [2.05, 4.69) is 27.2 Å². The summed E-state index contributed by atoms with van der Waals surface area (Å²) >= 11 is 5.97. The fourth-order valence-corrected chi connectivity index (χ4v) is 2.01. The molecule has 0 fully saturated rings. The van der Waals surface area contributed by atoms with Crippen molar-refractivity contribution in [1.82, 2.24) is 15.0 Å². The van der Waals surface area contributed by atoms with E-state index >= 15 is 0 Å². The zero-order chi connectivity index (χ0) is 14.5. The lowest BCUT2D eigenvalue weighted by Crippen LogP contribution is -2.16. The molecule has 1 heterocycles. The average molecular weight is 292 g/mol. The summed E-state index contributed by atoms with van der Waals surface area (Å²) in [5.41, 5.74) is 2.19. The van der Waals surface area contributed by atoms with Crippen LogP contribution in [0.15, 0.2) is 24.3 Å². The van der Waals surface area contributed by atoms with Gasteiger partial charge < -0.3 is 10.2 Å². The molecule has 0 unspecified atom stereocenters. The molecule has 20 heavy (non-hydrogen) atoms. The van der Waals surface area contributed by atoms with Crippen LogP contribution in [0.2, 0.25) is 5.28 Å². The number of para-hydroxylation sites is 1. The fraction of sp³-hybridized carbons (Fsp3) is 0.357. The molecule has 2 rings (SSSR count). The second-order valence-electron chi connectivity index (χ2n) is 4.50. The third-order valence-electron chi connectivity index (χ3n) is 2.91. The van der Waals surface area contributed by atoms with Crippen molar-refractivity contribution in [3.8, 4) is 0 Å². The molecule has 0 spiro atoms. The molecule has 106 valence electrons. The van der Waals surface area contributed by atoms with Gasteiger partial charge in [0.1, 0.15) is 0 Å². The van der Waals surface area contributed by atoms with Crippen LogP contribution in [0, 0.1) is 6.92 Å². The smallest absolute Gasteiger partial charge is 0.235 e. The van der Waals surface area contributed by atoms with Gasteiger partial charge in [0.15, 0.2) is 0 Å². The Morgan fingerprint density at radius 1 is 1.20 bits per heavy atom. The van der Waals surface area contributed by atoms with Crippen molar-refractivity contribution in [3.63, 3.8) is 0 Å².